The Hall–Kier alpha value is -1.40. The van der Waals surface area contributed by atoms with Crippen LogP contribution < -0.4 is 0 Å². The maximum Gasteiger partial charge on any atom is 0.254 e. The van der Waals surface area contributed by atoms with Gasteiger partial charge in [-0.1, -0.05) is 20.3 Å². The summed E-state index contributed by atoms with van der Waals surface area (Å²) >= 11 is 0. The number of nitrogens with zero attached hydrogens (tertiary/aromatic N) is 2. The van der Waals surface area contributed by atoms with Gasteiger partial charge < -0.3 is 4.90 Å². The number of sulfonamides is 1. The van der Waals surface area contributed by atoms with Crippen molar-refractivity contribution in [2.75, 3.05) is 20.1 Å². The molecule has 1 saturated heterocycles. The van der Waals surface area contributed by atoms with Crippen LogP contribution in [0.5, 0.6) is 0 Å². The highest BCUT2D eigenvalue weighted by Gasteiger charge is 2.27. The van der Waals surface area contributed by atoms with Gasteiger partial charge in [-0.25, -0.2) is 12.7 Å². The molecule has 2 rings (SSSR count). The summed E-state index contributed by atoms with van der Waals surface area (Å²) in [5, 5.41) is 0. The molecular weight excluding hydrogens is 336 g/mol. The fourth-order valence-electron chi connectivity index (χ4n) is 3.31. The lowest BCUT2D eigenvalue weighted by atomic mass is 9.99. The summed E-state index contributed by atoms with van der Waals surface area (Å²) in [5.41, 5.74) is 0.565. The molecule has 25 heavy (non-hydrogen) atoms. The third-order valence-electron chi connectivity index (χ3n) is 5.00. The summed E-state index contributed by atoms with van der Waals surface area (Å²) in [5.74, 6) is 0.00911. The van der Waals surface area contributed by atoms with Gasteiger partial charge in [-0.15, -0.1) is 0 Å². The summed E-state index contributed by atoms with van der Waals surface area (Å²) in [6.07, 6.45) is 6.00. The highest BCUT2D eigenvalue weighted by Crippen LogP contribution is 2.23. The molecule has 1 aromatic rings. The Labute approximate surface area is 152 Å². The van der Waals surface area contributed by atoms with Gasteiger partial charge in [0, 0.05) is 31.7 Å². The Morgan fingerprint density at radius 1 is 1.20 bits per heavy atom. The van der Waals surface area contributed by atoms with E-state index in [1.807, 2.05) is 11.8 Å². The van der Waals surface area contributed by atoms with Crippen LogP contribution in [-0.2, 0) is 10.0 Å². The van der Waals surface area contributed by atoms with Gasteiger partial charge in [0.2, 0.25) is 10.0 Å². The lowest BCUT2D eigenvalue weighted by Crippen LogP contribution is -2.43. The van der Waals surface area contributed by atoms with Gasteiger partial charge in [0.05, 0.1) is 4.90 Å². The first-order valence-corrected chi connectivity index (χ1v) is 10.7. The monoisotopic (exact) mass is 366 g/mol. The lowest BCUT2D eigenvalue weighted by Gasteiger charge is -2.35. The highest BCUT2D eigenvalue weighted by molar-refractivity contribution is 7.89. The Bertz CT molecular complexity index is 670. The van der Waals surface area contributed by atoms with Crippen molar-refractivity contribution in [3.63, 3.8) is 0 Å². The van der Waals surface area contributed by atoms with Crippen LogP contribution in [0.3, 0.4) is 0 Å². The van der Waals surface area contributed by atoms with Crippen LogP contribution in [0.2, 0.25) is 0 Å². The summed E-state index contributed by atoms with van der Waals surface area (Å²) < 4.78 is 26.5. The van der Waals surface area contributed by atoms with E-state index in [1.54, 1.807) is 31.3 Å². The Morgan fingerprint density at radius 3 is 2.48 bits per heavy atom. The van der Waals surface area contributed by atoms with Gasteiger partial charge in [-0.3, -0.25) is 4.79 Å². The second-order valence-corrected chi connectivity index (χ2v) is 8.81. The maximum absolute atomic E-state index is 12.8. The van der Waals surface area contributed by atoms with Crippen LogP contribution in [0.25, 0.3) is 0 Å². The predicted octanol–water partition coefficient (Wildman–Crippen LogP) is 3.51. The average Bonchev–Trinajstić information content (AvgIpc) is 2.65. The molecule has 0 spiro atoms. The third kappa shape index (κ3) is 4.61. The van der Waals surface area contributed by atoms with Crippen molar-refractivity contribution in [2.24, 2.45) is 0 Å². The van der Waals surface area contributed by atoms with E-state index in [-0.39, 0.29) is 10.8 Å². The van der Waals surface area contributed by atoms with Gasteiger partial charge in [0.15, 0.2) is 0 Å². The quantitative estimate of drug-likeness (QED) is 0.742. The molecule has 0 radical (unpaired) electrons. The molecule has 0 N–H and O–H groups in total. The molecule has 1 heterocycles. The van der Waals surface area contributed by atoms with E-state index < -0.39 is 10.0 Å². The van der Waals surface area contributed by atoms with E-state index in [2.05, 4.69) is 6.92 Å². The van der Waals surface area contributed by atoms with Crippen LogP contribution in [0.15, 0.2) is 29.2 Å². The van der Waals surface area contributed by atoms with Gasteiger partial charge in [-0.2, -0.15) is 0 Å². The number of carbonyl (C=O) groups excluding carboxylic acids is 1. The fraction of sp³-hybridized carbons (Fsp3) is 0.632. The molecule has 5 nitrogen and oxygen atoms in total. The number of likely N-dealkylation sites (tertiary alicyclic amines) is 1. The summed E-state index contributed by atoms with van der Waals surface area (Å²) in [4.78, 5) is 15.0. The molecule has 1 atom stereocenters. The molecule has 0 aromatic heterocycles. The number of amides is 1. The largest absolute Gasteiger partial charge is 0.336 e. The second kappa shape index (κ2) is 8.81. The zero-order chi connectivity index (χ0) is 18.4. The number of hydrogen-bond acceptors (Lipinski definition) is 3. The van der Waals surface area contributed by atoms with E-state index in [0.29, 0.717) is 18.2 Å². The number of unbranched alkanes of at least 4 members (excludes halogenated alkanes) is 1. The number of piperidine rings is 1. The summed E-state index contributed by atoms with van der Waals surface area (Å²) in [6, 6.07) is 6.69. The van der Waals surface area contributed by atoms with Crippen LogP contribution in [-0.4, -0.2) is 49.7 Å². The summed E-state index contributed by atoms with van der Waals surface area (Å²) in [7, 11) is -1.88. The minimum absolute atomic E-state index is 0.00911. The molecule has 1 aromatic carbocycles. The van der Waals surface area contributed by atoms with E-state index >= 15 is 0 Å². The molecular formula is C19H30N2O3S. The first kappa shape index (κ1) is 19.9. The van der Waals surface area contributed by atoms with Crippen molar-refractivity contribution >= 4 is 15.9 Å². The molecule has 140 valence electrons. The fourth-order valence-corrected chi connectivity index (χ4v) is 4.52. The molecule has 1 amide bonds. The van der Waals surface area contributed by atoms with E-state index in [4.69, 9.17) is 0 Å². The van der Waals surface area contributed by atoms with Crippen LogP contribution in [0, 0.1) is 0 Å². The Morgan fingerprint density at radius 2 is 1.88 bits per heavy atom. The topological polar surface area (TPSA) is 57.7 Å². The zero-order valence-corrected chi connectivity index (χ0v) is 16.4. The Balaban J connectivity index is 2.14. The number of rotatable bonds is 7. The second-order valence-electron chi connectivity index (χ2n) is 6.76. The maximum atomic E-state index is 12.8. The number of carbonyl (C=O) groups is 1. The van der Waals surface area contributed by atoms with E-state index in [0.717, 1.165) is 38.6 Å². The molecule has 1 aliphatic heterocycles. The molecule has 1 fully saturated rings. The predicted molar refractivity (Wildman–Crippen MR) is 100 cm³/mol. The minimum Gasteiger partial charge on any atom is -0.336 e. The Kier molecular flexibility index (Phi) is 7.02. The van der Waals surface area contributed by atoms with Crippen LogP contribution in [0.1, 0.15) is 62.7 Å². The van der Waals surface area contributed by atoms with E-state index in [9.17, 15) is 13.2 Å². The number of benzene rings is 1. The molecule has 6 heteroatoms. The minimum atomic E-state index is -3.49. The van der Waals surface area contributed by atoms with Crippen LogP contribution in [0.4, 0.5) is 0 Å². The van der Waals surface area contributed by atoms with Crippen molar-refractivity contribution in [3.05, 3.63) is 29.8 Å². The number of hydrogen-bond donors (Lipinski definition) is 0. The van der Waals surface area contributed by atoms with Crippen molar-refractivity contribution in [2.45, 2.75) is 63.3 Å². The van der Waals surface area contributed by atoms with Gasteiger partial charge in [0.25, 0.3) is 5.91 Å². The van der Waals surface area contributed by atoms with E-state index in [1.165, 1.54) is 10.7 Å². The van der Waals surface area contributed by atoms with Crippen molar-refractivity contribution in [3.8, 4) is 0 Å². The normalized spacial score (nSPS) is 18.6. The van der Waals surface area contributed by atoms with Crippen LogP contribution >= 0.6 is 0 Å². The smallest absolute Gasteiger partial charge is 0.254 e. The van der Waals surface area contributed by atoms with Gasteiger partial charge in [-0.05, 0) is 56.4 Å². The molecule has 1 aliphatic rings. The average molecular weight is 367 g/mol. The third-order valence-corrected chi connectivity index (χ3v) is 6.87. The lowest BCUT2D eigenvalue weighted by molar-refractivity contribution is 0.0608. The summed E-state index contributed by atoms with van der Waals surface area (Å²) in [6.45, 7) is 5.44. The van der Waals surface area contributed by atoms with Gasteiger partial charge in [0.1, 0.15) is 0 Å². The standard InChI is InChI=1S/C19H30N2O3S/c1-4-6-14-20(3)25(23,24)18-12-10-16(11-13-18)19(22)21-15-8-7-9-17(21)5-2/h10-13,17H,4-9,14-15H2,1-3H3. The molecule has 1 unspecified atom stereocenters. The van der Waals surface area contributed by atoms with Crippen molar-refractivity contribution < 1.29 is 13.2 Å². The van der Waals surface area contributed by atoms with Crippen molar-refractivity contribution in [1.82, 2.24) is 9.21 Å². The zero-order valence-electron chi connectivity index (χ0n) is 15.6. The molecule has 0 aliphatic carbocycles. The van der Waals surface area contributed by atoms with Crippen molar-refractivity contribution in [1.29, 1.82) is 0 Å². The molecule has 0 saturated carbocycles. The highest BCUT2D eigenvalue weighted by atomic mass is 32.2. The molecule has 0 bridgehead atoms. The first-order valence-electron chi connectivity index (χ1n) is 9.29. The first-order chi connectivity index (χ1) is 11.9. The van der Waals surface area contributed by atoms with Gasteiger partial charge >= 0.3 is 0 Å². The SMILES string of the molecule is CCCCN(C)S(=O)(=O)c1ccc(C(=O)N2CCCCC2CC)cc1.